The topological polar surface area (TPSA) is 87.6 Å². The first kappa shape index (κ1) is 20.4. The summed E-state index contributed by atoms with van der Waals surface area (Å²) in [5.41, 5.74) is 0. The maximum absolute atomic E-state index is 11.5. The lowest BCUT2D eigenvalue weighted by molar-refractivity contribution is -0.137. The second-order valence-corrected chi connectivity index (χ2v) is 6.55. The highest BCUT2D eigenvalue weighted by molar-refractivity contribution is 7.90. The highest BCUT2D eigenvalue weighted by Crippen LogP contribution is 2.15. The molecule has 1 aromatic heterocycles. The van der Waals surface area contributed by atoms with Crippen LogP contribution in [0.25, 0.3) is 0 Å². The lowest BCUT2D eigenvalue weighted by Crippen LogP contribution is -2.27. The molecule has 0 aliphatic heterocycles. The number of nitrogens with zero attached hydrogens (tertiary/aromatic N) is 2. The molecule has 0 radical (unpaired) electrons. The molecule has 1 heterocycles. The van der Waals surface area contributed by atoms with Crippen LogP contribution in [-0.4, -0.2) is 43.8 Å². The smallest absolute Gasteiger partial charge is 0.303 e. The molecule has 126 valence electrons. The van der Waals surface area contributed by atoms with Gasteiger partial charge in [-0.15, -0.1) is 0 Å². The Morgan fingerprint density at radius 3 is 2.41 bits per heavy atom. The van der Waals surface area contributed by atoms with Crippen molar-refractivity contribution in [3.63, 3.8) is 0 Å². The number of carboxylic acids is 1. The predicted molar refractivity (Wildman–Crippen MR) is 88.1 cm³/mol. The molecule has 0 aliphatic carbocycles. The van der Waals surface area contributed by atoms with Gasteiger partial charge in [-0.25, -0.2) is 13.4 Å². The molecule has 0 unspecified atom stereocenters. The van der Waals surface area contributed by atoms with Gasteiger partial charge in [-0.3, -0.25) is 4.79 Å². The van der Waals surface area contributed by atoms with E-state index in [0.717, 1.165) is 12.7 Å². The zero-order valence-electron chi connectivity index (χ0n) is 13.7. The Hall–Kier alpha value is -1.63. The SMILES string of the molecule is CC.CCCN(CCCC(=O)O)c1cccc(S(C)(=O)=O)n1. The summed E-state index contributed by atoms with van der Waals surface area (Å²) in [7, 11) is -3.34. The molecule has 0 aliphatic rings. The Labute approximate surface area is 133 Å². The molecule has 1 N–H and O–H groups in total. The van der Waals surface area contributed by atoms with Crippen LogP contribution in [0.15, 0.2) is 23.2 Å². The van der Waals surface area contributed by atoms with Crippen molar-refractivity contribution >= 4 is 21.6 Å². The van der Waals surface area contributed by atoms with E-state index in [-0.39, 0.29) is 11.4 Å². The van der Waals surface area contributed by atoms with Gasteiger partial charge in [-0.05, 0) is 25.0 Å². The fourth-order valence-corrected chi connectivity index (χ4v) is 2.40. The molecule has 0 saturated heterocycles. The van der Waals surface area contributed by atoms with Gasteiger partial charge < -0.3 is 10.0 Å². The van der Waals surface area contributed by atoms with E-state index in [1.807, 2.05) is 25.7 Å². The van der Waals surface area contributed by atoms with Crippen LogP contribution in [0.4, 0.5) is 5.82 Å². The second kappa shape index (κ2) is 10.2. The average molecular weight is 330 g/mol. The van der Waals surface area contributed by atoms with Crippen LogP contribution in [-0.2, 0) is 14.6 Å². The standard InChI is InChI=1S/C13H20N2O4S.C2H6/c1-3-9-15(10-5-8-13(16)17)11-6-4-7-12(14-11)20(2,18)19;1-2/h4,6-7H,3,5,8-10H2,1-2H3,(H,16,17);1-2H3. The summed E-state index contributed by atoms with van der Waals surface area (Å²) in [6.45, 7) is 7.25. The van der Waals surface area contributed by atoms with Crippen molar-refractivity contribution in [1.29, 1.82) is 0 Å². The Bertz CT molecular complexity index is 558. The van der Waals surface area contributed by atoms with Crippen LogP contribution in [0.3, 0.4) is 0 Å². The molecule has 0 fully saturated rings. The summed E-state index contributed by atoms with van der Waals surface area (Å²) in [6.07, 6.45) is 2.58. The van der Waals surface area contributed by atoms with Crippen molar-refractivity contribution < 1.29 is 18.3 Å². The molecule has 1 rings (SSSR count). The number of hydrogen-bond donors (Lipinski definition) is 1. The van der Waals surface area contributed by atoms with Gasteiger partial charge in [0.2, 0.25) is 0 Å². The van der Waals surface area contributed by atoms with Gasteiger partial charge in [0.1, 0.15) is 5.82 Å². The van der Waals surface area contributed by atoms with Crippen LogP contribution < -0.4 is 4.90 Å². The van der Waals surface area contributed by atoms with E-state index >= 15 is 0 Å². The van der Waals surface area contributed by atoms with E-state index in [2.05, 4.69) is 4.98 Å². The van der Waals surface area contributed by atoms with Crippen molar-refractivity contribution in [1.82, 2.24) is 4.98 Å². The van der Waals surface area contributed by atoms with Crippen molar-refractivity contribution in [2.45, 2.75) is 45.1 Å². The molecule has 7 heteroatoms. The van der Waals surface area contributed by atoms with E-state index < -0.39 is 15.8 Å². The van der Waals surface area contributed by atoms with Gasteiger partial charge in [0, 0.05) is 25.8 Å². The van der Waals surface area contributed by atoms with Gasteiger partial charge in [-0.2, -0.15) is 0 Å². The van der Waals surface area contributed by atoms with Crippen LogP contribution in [0.5, 0.6) is 0 Å². The summed E-state index contributed by atoms with van der Waals surface area (Å²) < 4.78 is 23.0. The molecule has 0 atom stereocenters. The van der Waals surface area contributed by atoms with Gasteiger partial charge in [0.25, 0.3) is 0 Å². The fraction of sp³-hybridized carbons (Fsp3) is 0.600. The third kappa shape index (κ3) is 7.40. The van der Waals surface area contributed by atoms with Crippen LogP contribution in [0.2, 0.25) is 0 Å². The summed E-state index contributed by atoms with van der Waals surface area (Å²) in [4.78, 5) is 16.6. The monoisotopic (exact) mass is 330 g/mol. The molecule has 6 nitrogen and oxygen atoms in total. The zero-order valence-corrected chi connectivity index (χ0v) is 14.6. The van der Waals surface area contributed by atoms with Gasteiger partial charge in [0.05, 0.1) is 0 Å². The molecule has 0 saturated carbocycles. The lowest BCUT2D eigenvalue weighted by atomic mass is 10.2. The van der Waals surface area contributed by atoms with Crippen molar-refractivity contribution in [2.24, 2.45) is 0 Å². The summed E-state index contributed by atoms with van der Waals surface area (Å²) >= 11 is 0. The van der Waals surface area contributed by atoms with Gasteiger partial charge in [-0.1, -0.05) is 26.8 Å². The van der Waals surface area contributed by atoms with Crippen LogP contribution in [0.1, 0.15) is 40.0 Å². The molecular formula is C15H26N2O4S. The number of pyridine rings is 1. The van der Waals surface area contributed by atoms with E-state index in [4.69, 9.17) is 5.11 Å². The lowest BCUT2D eigenvalue weighted by Gasteiger charge is -2.23. The molecule has 0 bridgehead atoms. The zero-order chi connectivity index (χ0) is 17.2. The van der Waals surface area contributed by atoms with Crippen molar-refractivity contribution in [3.05, 3.63) is 18.2 Å². The minimum atomic E-state index is -3.34. The highest BCUT2D eigenvalue weighted by Gasteiger charge is 2.13. The van der Waals surface area contributed by atoms with Crippen molar-refractivity contribution in [2.75, 3.05) is 24.2 Å². The first-order chi connectivity index (χ1) is 10.3. The number of aliphatic carboxylic acids is 1. The number of carbonyl (C=O) groups is 1. The number of aromatic nitrogens is 1. The maximum atomic E-state index is 11.5. The Kier molecular flexibility index (Phi) is 9.40. The predicted octanol–water partition coefficient (Wildman–Crippen LogP) is 2.59. The average Bonchev–Trinajstić information content (AvgIpc) is 2.47. The van der Waals surface area contributed by atoms with E-state index in [9.17, 15) is 13.2 Å². The third-order valence-electron chi connectivity index (χ3n) is 2.72. The third-order valence-corrected chi connectivity index (χ3v) is 3.71. The molecule has 1 aromatic rings. The number of carboxylic acid groups (broad SMARTS) is 1. The number of sulfone groups is 1. The van der Waals surface area contributed by atoms with Crippen LogP contribution in [0, 0.1) is 0 Å². The van der Waals surface area contributed by atoms with E-state index in [0.29, 0.717) is 25.3 Å². The van der Waals surface area contributed by atoms with Crippen LogP contribution >= 0.6 is 0 Å². The molecule has 22 heavy (non-hydrogen) atoms. The fourth-order valence-electron chi connectivity index (χ4n) is 1.82. The van der Waals surface area contributed by atoms with Crippen molar-refractivity contribution in [3.8, 4) is 0 Å². The maximum Gasteiger partial charge on any atom is 0.303 e. The Balaban J connectivity index is 0.00000211. The number of hydrogen-bond acceptors (Lipinski definition) is 5. The minimum absolute atomic E-state index is 0.0364. The van der Waals surface area contributed by atoms with E-state index in [1.165, 1.54) is 6.07 Å². The second-order valence-electron chi connectivity index (χ2n) is 4.59. The summed E-state index contributed by atoms with van der Waals surface area (Å²) in [6, 6.07) is 4.85. The largest absolute Gasteiger partial charge is 0.481 e. The molecule has 0 spiro atoms. The Morgan fingerprint density at radius 2 is 1.91 bits per heavy atom. The molecule has 0 aromatic carbocycles. The Morgan fingerprint density at radius 1 is 1.27 bits per heavy atom. The number of anilines is 1. The molecule has 0 amide bonds. The summed E-state index contributed by atoms with van der Waals surface area (Å²) in [5.74, 6) is -0.264. The van der Waals surface area contributed by atoms with Gasteiger partial charge in [0.15, 0.2) is 14.9 Å². The normalized spacial score (nSPS) is 10.5. The first-order valence-electron chi connectivity index (χ1n) is 7.48. The highest BCUT2D eigenvalue weighted by atomic mass is 32.2. The van der Waals surface area contributed by atoms with E-state index in [1.54, 1.807) is 12.1 Å². The van der Waals surface area contributed by atoms with Gasteiger partial charge >= 0.3 is 5.97 Å². The minimum Gasteiger partial charge on any atom is -0.481 e. The summed E-state index contributed by atoms with van der Waals surface area (Å²) in [5, 5.41) is 8.70. The molecular weight excluding hydrogens is 304 g/mol. The quantitative estimate of drug-likeness (QED) is 0.788. The number of rotatable bonds is 8. The first-order valence-corrected chi connectivity index (χ1v) is 9.37.